The molecule has 3 heteroatoms. The summed E-state index contributed by atoms with van der Waals surface area (Å²) in [6.45, 7) is 0. The third-order valence-corrected chi connectivity index (χ3v) is 4.64. The van der Waals surface area contributed by atoms with E-state index in [0.717, 1.165) is 12.1 Å². The Morgan fingerprint density at radius 3 is 2.94 bits per heavy atom. The van der Waals surface area contributed by atoms with Crippen molar-refractivity contribution in [3.63, 3.8) is 0 Å². The number of nitrogens with one attached hydrogen (secondary N) is 1. The highest BCUT2D eigenvalue weighted by molar-refractivity contribution is 6.21. The van der Waals surface area contributed by atoms with E-state index in [1.165, 1.54) is 43.1 Å². The van der Waals surface area contributed by atoms with E-state index in [0.29, 0.717) is 5.92 Å². The lowest BCUT2D eigenvalue weighted by Crippen LogP contribution is -2.20. The van der Waals surface area contributed by atoms with Crippen LogP contribution in [0.25, 0.3) is 11.0 Å². The van der Waals surface area contributed by atoms with Crippen molar-refractivity contribution in [1.82, 2.24) is 9.97 Å². The number of rotatable bonds is 3. The van der Waals surface area contributed by atoms with E-state index >= 15 is 0 Å². The second kappa shape index (κ2) is 5.31. The molecule has 18 heavy (non-hydrogen) atoms. The summed E-state index contributed by atoms with van der Waals surface area (Å²) < 4.78 is 0. The second-order valence-corrected chi connectivity index (χ2v) is 5.89. The zero-order chi connectivity index (χ0) is 12.4. The molecule has 2 heterocycles. The topological polar surface area (TPSA) is 28.7 Å². The van der Waals surface area contributed by atoms with Crippen molar-refractivity contribution in [3.8, 4) is 0 Å². The van der Waals surface area contributed by atoms with E-state index < -0.39 is 0 Å². The first-order valence-electron chi connectivity index (χ1n) is 6.89. The van der Waals surface area contributed by atoms with Gasteiger partial charge in [0.15, 0.2) is 0 Å². The lowest BCUT2D eigenvalue weighted by atomic mass is 9.84. The molecule has 2 aromatic rings. The number of alkyl halides is 1. The fourth-order valence-corrected chi connectivity index (χ4v) is 3.49. The minimum atomic E-state index is 0.269. The summed E-state index contributed by atoms with van der Waals surface area (Å²) in [5.74, 6) is 0.697. The van der Waals surface area contributed by atoms with Crippen LogP contribution in [0.3, 0.4) is 0 Å². The average Bonchev–Trinajstić information content (AvgIpc) is 2.89. The fraction of sp³-hybridized carbons (Fsp3) is 0.533. The lowest BCUT2D eigenvalue weighted by molar-refractivity contribution is 0.344. The minimum absolute atomic E-state index is 0.269. The van der Waals surface area contributed by atoms with Crippen LogP contribution >= 0.6 is 11.6 Å². The quantitative estimate of drug-likeness (QED) is 0.821. The highest BCUT2D eigenvalue weighted by atomic mass is 35.5. The molecule has 1 atom stereocenters. The summed E-state index contributed by atoms with van der Waals surface area (Å²) >= 11 is 6.63. The summed E-state index contributed by atoms with van der Waals surface area (Å²) in [7, 11) is 0. The van der Waals surface area contributed by atoms with Gasteiger partial charge in [-0.2, -0.15) is 0 Å². The third-order valence-electron chi connectivity index (χ3n) is 4.13. The number of halogens is 1. The Balaban J connectivity index is 1.77. The number of pyridine rings is 1. The van der Waals surface area contributed by atoms with Gasteiger partial charge in [0.25, 0.3) is 0 Å². The number of aromatic amines is 1. The molecule has 0 bridgehead atoms. The molecule has 0 radical (unpaired) electrons. The Morgan fingerprint density at radius 1 is 1.28 bits per heavy atom. The molecular weight excluding hydrogens is 244 g/mol. The Kier molecular flexibility index (Phi) is 3.55. The number of aromatic nitrogens is 2. The zero-order valence-corrected chi connectivity index (χ0v) is 11.3. The van der Waals surface area contributed by atoms with E-state index in [-0.39, 0.29) is 5.38 Å². The smallest absolute Gasteiger partial charge is 0.137 e. The molecule has 0 spiro atoms. The summed E-state index contributed by atoms with van der Waals surface area (Å²) in [5.41, 5.74) is 2.30. The molecule has 1 N–H and O–H groups in total. The average molecular weight is 263 g/mol. The van der Waals surface area contributed by atoms with Gasteiger partial charge in [-0.3, -0.25) is 0 Å². The van der Waals surface area contributed by atoms with Gasteiger partial charge in [-0.25, -0.2) is 4.98 Å². The van der Waals surface area contributed by atoms with Crippen molar-refractivity contribution in [2.24, 2.45) is 5.92 Å². The van der Waals surface area contributed by atoms with E-state index in [1.54, 1.807) is 0 Å². The predicted molar refractivity (Wildman–Crippen MR) is 76.0 cm³/mol. The summed E-state index contributed by atoms with van der Waals surface area (Å²) in [6.07, 6.45) is 11.5. The highest BCUT2D eigenvalue weighted by Gasteiger charge is 2.22. The third kappa shape index (κ3) is 2.39. The van der Waals surface area contributed by atoms with E-state index in [2.05, 4.69) is 22.1 Å². The van der Waals surface area contributed by atoms with Gasteiger partial charge in [0.1, 0.15) is 5.65 Å². The van der Waals surface area contributed by atoms with Crippen molar-refractivity contribution < 1.29 is 0 Å². The number of H-pyrrole nitrogens is 1. The van der Waals surface area contributed by atoms with Gasteiger partial charge >= 0.3 is 0 Å². The van der Waals surface area contributed by atoms with Crippen molar-refractivity contribution in [2.45, 2.75) is 43.9 Å². The van der Waals surface area contributed by atoms with Gasteiger partial charge in [-0.15, -0.1) is 11.6 Å². The molecule has 96 valence electrons. The van der Waals surface area contributed by atoms with Gasteiger partial charge in [-0.05, 0) is 42.9 Å². The highest BCUT2D eigenvalue weighted by Crippen LogP contribution is 2.31. The molecule has 2 nitrogen and oxygen atoms in total. The number of hydrogen-bond donors (Lipinski definition) is 1. The molecule has 0 aliphatic heterocycles. The number of hydrogen-bond acceptors (Lipinski definition) is 1. The van der Waals surface area contributed by atoms with Crippen LogP contribution in [-0.2, 0) is 6.42 Å². The van der Waals surface area contributed by atoms with Crippen LogP contribution in [0.5, 0.6) is 0 Å². The van der Waals surface area contributed by atoms with Crippen molar-refractivity contribution in [1.29, 1.82) is 0 Å². The van der Waals surface area contributed by atoms with Gasteiger partial charge in [0, 0.05) is 23.2 Å². The largest absolute Gasteiger partial charge is 0.346 e. The first-order valence-corrected chi connectivity index (χ1v) is 7.33. The maximum atomic E-state index is 6.63. The molecule has 1 aliphatic carbocycles. The SMILES string of the molecule is ClC(Cc1ccnc2[nH]ccc12)C1CCCCC1. The zero-order valence-electron chi connectivity index (χ0n) is 10.5. The van der Waals surface area contributed by atoms with Gasteiger partial charge in [0.2, 0.25) is 0 Å². The first-order chi connectivity index (χ1) is 8.84. The van der Waals surface area contributed by atoms with Crippen LogP contribution in [0.15, 0.2) is 24.5 Å². The van der Waals surface area contributed by atoms with E-state index in [1.807, 2.05) is 12.4 Å². The van der Waals surface area contributed by atoms with E-state index in [4.69, 9.17) is 11.6 Å². The molecular formula is C15H19ClN2. The normalized spacial score (nSPS) is 19.2. The monoisotopic (exact) mass is 262 g/mol. The van der Waals surface area contributed by atoms with Crippen molar-refractivity contribution in [3.05, 3.63) is 30.1 Å². The van der Waals surface area contributed by atoms with Crippen LogP contribution in [0.1, 0.15) is 37.7 Å². The Hall–Kier alpha value is -1.02. The molecule has 1 saturated carbocycles. The maximum Gasteiger partial charge on any atom is 0.137 e. The Bertz CT molecular complexity index is 514. The molecule has 1 fully saturated rings. The maximum absolute atomic E-state index is 6.63. The molecule has 2 aromatic heterocycles. The molecule has 1 aliphatic rings. The number of fused-ring (bicyclic) bond motifs is 1. The molecule has 0 aromatic carbocycles. The summed E-state index contributed by atoms with van der Waals surface area (Å²) in [5, 5.41) is 1.49. The summed E-state index contributed by atoms with van der Waals surface area (Å²) in [6, 6.07) is 4.20. The van der Waals surface area contributed by atoms with Crippen LogP contribution < -0.4 is 0 Å². The molecule has 3 rings (SSSR count). The number of nitrogens with zero attached hydrogens (tertiary/aromatic N) is 1. The molecule has 0 saturated heterocycles. The minimum Gasteiger partial charge on any atom is -0.346 e. The second-order valence-electron chi connectivity index (χ2n) is 5.33. The van der Waals surface area contributed by atoms with Crippen molar-refractivity contribution >= 4 is 22.6 Å². The van der Waals surface area contributed by atoms with Crippen LogP contribution in [0.4, 0.5) is 0 Å². The summed E-state index contributed by atoms with van der Waals surface area (Å²) in [4.78, 5) is 7.48. The predicted octanol–water partition coefficient (Wildman–Crippen LogP) is 4.29. The van der Waals surface area contributed by atoms with Crippen molar-refractivity contribution in [2.75, 3.05) is 0 Å². The van der Waals surface area contributed by atoms with Gasteiger partial charge in [0.05, 0.1) is 0 Å². The van der Waals surface area contributed by atoms with E-state index in [9.17, 15) is 0 Å². The van der Waals surface area contributed by atoms with Crippen LogP contribution in [0, 0.1) is 5.92 Å². The fourth-order valence-electron chi connectivity index (χ4n) is 3.07. The standard InChI is InChI=1S/C15H19ClN2/c16-14(11-4-2-1-3-5-11)10-12-6-8-17-15-13(12)7-9-18-15/h6-9,11,14H,1-5,10H2,(H,17,18). The van der Waals surface area contributed by atoms with Crippen LogP contribution in [-0.4, -0.2) is 15.3 Å². The van der Waals surface area contributed by atoms with Crippen LogP contribution in [0.2, 0.25) is 0 Å². The van der Waals surface area contributed by atoms with Gasteiger partial charge < -0.3 is 4.98 Å². The first kappa shape index (κ1) is 12.0. The Morgan fingerprint density at radius 2 is 2.11 bits per heavy atom. The lowest BCUT2D eigenvalue weighted by Gasteiger charge is -2.26. The van der Waals surface area contributed by atoms with Gasteiger partial charge in [-0.1, -0.05) is 19.3 Å². The Labute approximate surface area is 113 Å². The molecule has 1 unspecified atom stereocenters. The molecule has 0 amide bonds.